The van der Waals surface area contributed by atoms with Crippen molar-refractivity contribution in [2.45, 2.75) is 26.5 Å². The molecule has 0 aliphatic rings. The fraction of sp³-hybridized carbons (Fsp3) is 0.263. The van der Waals surface area contributed by atoms with Crippen LogP contribution in [0.2, 0.25) is 5.02 Å². The first kappa shape index (κ1) is 20.2. The molecule has 28 heavy (non-hydrogen) atoms. The molecule has 148 valence electrons. The monoisotopic (exact) mass is 422 g/mol. The molecular weight excluding hydrogens is 403 g/mol. The Balaban J connectivity index is 1.69. The Morgan fingerprint density at radius 1 is 1.25 bits per heavy atom. The predicted octanol–water partition coefficient (Wildman–Crippen LogP) is 4.63. The Hall–Kier alpha value is -2.58. The van der Waals surface area contributed by atoms with Crippen molar-refractivity contribution < 1.29 is 13.9 Å². The van der Waals surface area contributed by atoms with Gasteiger partial charge in [-0.05, 0) is 42.0 Å². The summed E-state index contributed by atoms with van der Waals surface area (Å²) in [4.78, 5) is 0. The maximum Gasteiger partial charge on any atom is 0.214 e. The summed E-state index contributed by atoms with van der Waals surface area (Å²) in [6.07, 6.45) is 0.752. The Labute approximate surface area is 172 Å². The fourth-order valence-corrected chi connectivity index (χ4v) is 3.07. The number of halogens is 2. The highest BCUT2D eigenvalue weighted by Crippen LogP contribution is 2.30. The third-order valence-corrected chi connectivity index (χ3v) is 4.75. The molecule has 9 heteroatoms. The number of hydrogen-bond donors (Lipinski definition) is 2. The van der Waals surface area contributed by atoms with Gasteiger partial charge in [-0.2, -0.15) is 5.10 Å². The van der Waals surface area contributed by atoms with E-state index in [1.54, 1.807) is 17.9 Å². The lowest BCUT2D eigenvalue weighted by Crippen LogP contribution is -2.17. The van der Waals surface area contributed by atoms with E-state index in [1.807, 2.05) is 25.1 Å². The number of rotatable bonds is 8. The van der Waals surface area contributed by atoms with Crippen molar-refractivity contribution in [1.82, 2.24) is 14.9 Å². The zero-order chi connectivity index (χ0) is 20.1. The number of methoxy groups -OCH3 is 1. The van der Waals surface area contributed by atoms with E-state index in [9.17, 15) is 4.39 Å². The van der Waals surface area contributed by atoms with E-state index >= 15 is 0 Å². The number of benzene rings is 2. The maximum absolute atomic E-state index is 13.2. The van der Waals surface area contributed by atoms with Crippen LogP contribution >= 0.6 is 23.8 Å². The van der Waals surface area contributed by atoms with E-state index in [-0.39, 0.29) is 12.4 Å². The Bertz CT molecular complexity index is 1020. The Morgan fingerprint density at radius 2 is 2.07 bits per heavy atom. The maximum atomic E-state index is 13.2. The quantitative estimate of drug-likeness (QED) is 0.518. The SMILES string of the molecule is CCc1n[nH]c(=S)n1NCc1ccc(OCc2ccc(F)cc2Cl)c(OC)c1. The van der Waals surface area contributed by atoms with Crippen molar-refractivity contribution in [2.75, 3.05) is 12.5 Å². The molecule has 0 saturated heterocycles. The molecule has 3 rings (SSSR count). The van der Waals surface area contributed by atoms with Gasteiger partial charge in [-0.1, -0.05) is 30.7 Å². The summed E-state index contributed by atoms with van der Waals surface area (Å²) in [5.74, 6) is 1.60. The van der Waals surface area contributed by atoms with Crippen LogP contribution in [-0.4, -0.2) is 22.0 Å². The molecule has 0 unspecified atom stereocenters. The van der Waals surface area contributed by atoms with Gasteiger partial charge in [-0.3, -0.25) is 5.10 Å². The number of aromatic nitrogens is 3. The van der Waals surface area contributed by atoms with E-state index in [4.69, 9.17) is 33.3 Å². The first-order valence-corrected chi connectivity index (χ1v) is 9.44. The molecule has 1 heterocycles. The van der Waals surface area contributed by atoms with Crippen molar-refractivity contribution in [3.05, 3.63) is 69.0 Å². The topological polar surface area (TPSA) is 64.1 Å². The summed E-state index contributed by atoms with van der Waals surface area (Å²) < 4.78 is 26.7. The molecule has 2 N–H and O–H groups in total. The minimum Gasteiger partial charge on any atom is -0.493 e. The smallest absolute Gasteiger partial charge is 0.214 e. The normalized spacial score (nSPS) is 10.7. The molecule has 0 spiro atoms. The second-order valence-electron chi connectivity index (χ2n) is 5.98. The second kappa shape index (κ2) is 9.07. The van der Waals surface area contributed by atoms with Gasteiger partial charge < -0.3 is 14.9 Å². The lowest BCUT2D eigenvalue weighted by molar-refractivity contribution is 0.284. The van der Waals surface area contributed by atoms with Gasteiger partial charge in [0.1, 0.15) is 12.4 Å². The molecule has 0 fully saturated rings. The third-order valence-electron chi connectivity index (χ3n) is 4.13. The van der Waals surface area contributed by atoms with E-state index in [2.05, 4.69) is 15.6 Å². The van der Waals surface area contributed by atoms with Crippen LogP contribution in [0.25, 0.3) is 0 Å². The van der Waals surface area contributed by atoms with Crippen LogP contribution in [0.5, 0.6) is 11.5 Å². The number of H-pyrrole nitrogens is 1. The van der Waals surface area contributed by atoms with Gasteiger partial charge in [0.25, 0.3) is 0 Å². The fourth-order valence-electron chi connectivity index (χ4n) is 2.64. The van der Waals surface area contributed by atoms with Gasteiger partial charge in [0.15, 0.2) is 17.3 Å². The summed E-state index contributed by atoms with van der Waals surface area (Å²) in [7, 11) is 1.58. The molecule has 0 bridgehead atoms. The zero-order valence-corrected chi connectivity index (χ0v) is 17.0. The van der Waals surface area contributed by atoms with E-state index in [0.29, 0.717) is 33.4 Å². The van der Waals surface area contributed by atoms with Gasteiger partial charge in [-0.25, -0.2) is 9.07 Å². The van der Waals surface area contributed by atoms with Crippen LogP contribution in [0.1, 0.15) is 23.9 Å². The highest BCUT2D eigenvalue weighted by atomic mass is 35.5. The standard InChI is InChI=1S/C19H20ClFN4O2S/c1-3-18-23-24-19(28)25(18)22-10-12-4-7-16(17(8-12)26-2)27-11-13-5-6-14(21)9-15(13)20/h4-9,22H,3,10-11H2,1-2H3,(H,24,28). The van der Waals surface area contributed by atoms with Crippen LogP contribution in [0.3, 0.4) is 0 Å². The van der Waals surface area contributed by atoms with Crippen molar-refractivity contribution in [3.8, 4) is 11.5 Å². The lowest BCUT2D eigenvalue weighted by atomic mass is 10.2. The molecule has 0 saturated carbocycles. The van der Waals surface area contributed by atoms with Crippen molar-refractivity contribution in [1.29, 1.82) is 0 Å². The van der Waals surface area contributed by atoms with Gasteiger partial charge in [0, 0.05) is 12.0 Å². The van der Waals surface area contributed by atoms with Crippen molar-refractivity contribution in [2.24, 2.45) is 0 Å². The van der Waals surface area contributed by atoms with Crippen LogP contribution in [0, 0.1) is 10.6 Å². The molecule has 0 radical (unpaired) electrons. The van der Waals surface area contributed by atoms with Gasteiger partial charge >= 0.3 is 0 Å². The number of nitrogens with zero attached hydrogens (tertiary/aromatic N) is 2. The Morgan fingerprint density at radius 3 is 2.79 bits per heavy atom. The van der Waals surface area contributed by atoms with Crippen LogP contribution < -0.4 is 14.9 Å². The zero-order valence-electron chi connectivity index (χ0n) is 15.5. The van der Waals surface area contributed by atoms with E-state index in [1.165, 1.54) is 12.1 Å². The number of ether oxygens (including phenoxy) is 2. The molecule has 3 aromatic rings. The minimum absolute atomic E-state index is 0.205. The van der Waals surface area contributed by atoms with Crippen molar-refractivity contribution in [3.63, 3.8) is 0 Å². The number of aromatic amines is 1. The summed E-state index contributed by atoms with van der Waals surface area (Å²) in [5, 5.41) is 7.26. The molecule has 0 aliphatic carbocycles. The highest BCUT2D eigenvalue weighted by Gasteiger charge is 2.09. The summed E-state index contributed by atoms with van der Waals surface area (Å²) >= 11 is 11.3. The molecule has 2 aromatic carbocycles. The van der Waals surface area contributed by atoms with Crippen LogP contribution in [0.15, 0.2) is 36.4 Å². The first-order chi connectivity index (χ1) is 13.5. The number of aryl methyl sites for hydroxylation is 1. The van der Waals surface area contributed by atoms with Crippen LogP contribution in [-0.2, 0) is 19.6 Å². The molecular formula is C19H20ClFN4O2S. The minimum atomic E-state index is -0.382. The van der Waals surface area contributed by atoms with Gasteiger partial charge in [-0.15, -0.1) is 0 Å². The summed E-state index contributed by atoms with van der Waals surface area (Å²) in [6, 6.07) is 9.83. The Kier molecular flexibility index (Phi) is 6.53. The first-order valence-electron chi connectivity index (χ1n) is 8.65. The molecule has 6 nitrogen and oxygen atoms in total. The largest absolute Gasteiger partial charge is 0.493 e. The molecule has 0 amide bonds. The summed E-state index contributed by atoms with van der Waals surface area (Å²) in [5.41, 5.74) is 4.91. The van der Waals surface area contributed by atoms with Crippen LogP contribution in [0.4, 0.5) is 4.39 Å². The average Bonchev–Trinajstić information content (AvgIpc) is 3.05. The van der Waals surface area contributed by atoms with E-state index < -0.39 is 0 Å². The average molecular weight is 423 g/mol. The number of nitrogens with one attached hydrogen (secondary N) is 2. The molecule has 0 aliphatic heterocycles. The highest BCUT2D eigenvalue weighted by molar-refractivity contribution is 7.71. The predicted molar refractivity (Wildman–Crippen MR) is 109 cm³/mol. The molecule has 0 atom stereocenters. The number of hydrogen-bond acceptors (Lipinski definition) is 5. The van der Waals surface area contributed by atoms with Gasteiger partial charge in [0.05, 0.1) is 18.7 Å². The third kappa shape index (κ3) is 4.63. The van der Waals surface area contributed by atoms with Gasteiger partial charge in [0.2, 0.25) is 4.77 Å². The second-order valence-corrected chi connectivity index (χ2v) is 6.77. The molecule has 1 aromatic heterocycles. The summed E-state index contributed by atoms with van der Waals surface area (Å²) in [6.45, 7) is 2.74. The van der Waals surface area contributed by atoms with E-state index in [0.717, 1.165) is 17.8 Å². The van der Waals surface area contributed by atoms with Crippen molar-refractivity contribution >= 4 is 23.8 Å². The lowest BCUT2D eigenvalue weighted by Gasteiger charge is -2.14.